The molecule has 7 heteroatoms. The molecule has 1 amide bonds. The second-order valence-corrected chi connectivity index (χ2v) is 9.28. The number of halogens is 1. The first kappa shape index (κ1) is 21.0. The van der Waals surface area contributed by atoms with E-state index in [2.05, 4.69) is 26.1 Å². The normalized spacial score (nSPS) is 15.2. The molecule has 0 atom stereocenters. The lowest BCUT2D eigenvalue weighted by atomic mass is 9.89. The maximum atomic E-state index is 12.6. The van der Waals surface area contributed by atoms with Gasteiger partial charge in [-0.05, 0) is 73.1 Å². The van der Waals surface area contributed by atoms with E-state index >= 15 is 0 Å². The number of carbonyl (C=O) groups excluding carboxylic acids is 2. The fourth-order valence-electron chi connectivity index (χ4n) is 3.73. The molecule has 1 aromatic heterocycles. The lowest BCUT2D eigenvalue weighted by molar-refractivity contribution is 0.0813. The standard InChI is InChI=1S/C23H23BrN2O3S/c24-19-3-1-16(2-4-19)22(27)17-7-10-26(11-8-17)12-13-29-23(28)25-20-5-6-21-18(15-20)9-14-30-21/h1-6,9,14-15,17H,7-8,10-13H2,(H,25,28). The number of hydrogen-bond donors (Lipinski definition) is 1. The van der Waals surface area contributed by atoms with Crippen LogP contribution < -0.4 is 5.32 Å². The first-order valence-corrected chi connectivity index (χ1v) is 11.7. The number of thiophene rings is 1. The number of benzene rings is 2. The number of fused-ring (bicyclic) bond motifs is 1. The summed E-state index contributed by atoms with van der Waals surface area (Å²) in [5.41, 5.74) is 1.51. The monoisotopic (exact) mass is 486 g/mol. The Bertz CT molecular complexity index is 1030. The Kier molecular flexibility index (Phi) is 6.82. The van der Waals surface area contributed by atoms with Crippen LogP contribution in [0.25, 0.3) is 10.1 Å². The fourth-order valence-corrected chi connectivity index (χ4v) is 4.77. The van der Waals surface area contributed by atoms with E-state index in [-0.39, 0.29) is 11.7 Å². The van der Waals surface area contributed by atoms with E-state index < -0.39 is 6.09 Å². The Hall–Kier alpha value is -2.22. The third-order valence-corrected chi connectivity index (χ3v) is 6.85. The predicted molar refractivity (Wildman–Crippen MR) is 124 cm³/mol. The van der Waals surface area contributed by atoms with Crippen LogP contribution in [0.1, 0.15) is 23.2 Å². The van der Waals surface area contributed by atoms with E-state index in [0.29, 0.717) is 13.2 Å². The molecule has 0 bridgehead atoms. The van der Waals surface area contributed by atoms with Gasteiger partial charge in [0, 0.05) is 32.9 Å². The average Bonchev–Trinajstić information content (AvgIpc) is 3.22. The minimum Gasteiger partial charge on any atom is -0.448 e. The molecule has 3 aromatic rings. The Morgan fingerprint density at radius 1 is 1.10 bits per heavy atom. The van der Waals surface area contributed by atoms with Crippen LogP contribution in [0, 0.1) is 5.92 Å². The smallest absolute Gasteiger partial charge is 0.411 e. The highest BCUT2D eigenvalue weighted by Crippen LogP contribution is 2.24. The van der Waals surface area contributed by atoms with Crippen molar-refractivity contribution in [1.82, 2.24) is 4.90 Å². The van der Waals surface area contributed by atoms with Gasteiger partial charge in [0.1, 0.15) is 6.61 Å². The fraction of sp³-hybridized carbons (Fsp3) is 0.304. The van der Waals surface area contributed by atoms with Crippen molar-refractivity contribution in [2.45, 2.75) is 12.8 Å². The molecule has 1 fully saturated rings. The maximum Gasteiger partial charge on any atom is 0.411 e. The van der Waals surface area contributed by atoms with Crippen molar-refractivity contribution in [3.63, 3.8) is 0 Å². The molecule has 1 aliphatic rings. The molecule has 0 unspecified atom stereocenters. The molecule has 1 N–H and O–H groups in total. The van der Waals surface area contributed by atoms with Gasteiger partial charge in [0.15, 0.2) is 5.78 Å². The molecule has 156 valence electrons. The molecule has 2 heterocycles. The highest BCUT2D eigenvalue weighted by molar-refractivity contribution is 9.10. The number of hydrogen-bond acceptors (Lipinski definition) is 5. The summed E-state index contributed by atoms with van der Waals surface area (Å²) in [4.78, 5) is 26.9. The van der Waals surface area contributed by atoms with Crippen molar-refractivity contribution >= 4 is 54.9 Å². The van der Waals surface area contributed by atoms with Gasteiger partial charge < -0.3 is 4.74 Å². The molecule has 1 aliphatic heterocycles. The number of piperidine rings is 1. The largest absolute Gasteiger partial charge is 0.448 e. The van der Waals surface area contributed by atoms with Crippen LogP contribution in [0.3, 0.4) is 0 Å². The van der Waals surface area contributed by atoms with Crippen LogP contribution in [0.15, 0.2) is 58.4 Å². The van der Waals surface area contributed by atoms with Crippen molar-refractivity contribution < 1.29 is 14.3 Å². The molecule has 0 radical (unpaired) electrons. The van der Waals surface area contributed by atoms with E-state index in [1.165, 1.54) is 4.70 Å². The second kappa shape index (κ2) is 9.73. The van der Waals surface area contributed by atoms with Gasteiger partial charge in [-0.1, -0.05) is 28.1 Å². The Balaban J connectivity index is 1.18. The molecule has 1 saturated heterocycles. The number of anilines is 1. The first-order chi connectivity index (χ1) is 14.6. The number of likely N-dealkylation sites (tertiary alicyclic amines) is 1. The Morgan fingerprint density at radius 3 is 2.63 bits per heavy atom. The highest BCUT2D eigenvalue weighted by atomic mass is 79.9. The number of nitrogens with one attached hydrogen (secondary N) is 1. The zero-order valence-corrected chi connectivity index (χ0v) is 18.9. The van der Waals surface area contributed by atoms with Crippen LogP contribution in [0.2, 0.25) is 0 Å². The van der Waals surface area contributed by atoms with Gasteiger partial charge in [-0.2, -0.15) is 0 Å². The number of rotatable bonds is 6. The molecule has 0 spiro atoms. The van der Waals surface area contributed by atoms with Crippen LogP contribution in [-0.4, -0.2) is 43.0 Å². The van der Waals surface area contributed by atoms with Crippen molar-refractivity contribution in [3.8, 4) is 0 Å². The summed E-state index contributed by atoms with van der Waals surface area (Å²) in [6.45, 7) is 2.69. The summed E-state index contributed by atoms with van der Waals surface area (Å²) in [5.74, 6) is 0.291. The molecule has 0 saturated carbocycles. The Labute approximate surface area is 188 Å². The van der Waals surface area contributed by atoms with E-state index in [1.807, 2.05) is 53.9 Å². The van der Waals surface area contributed by atoms with E-state index in [4.69, 9.17) is 4.74 Å². The van der Waals surface area contributed by atoms with Gasteiger partial charge >= 0.3 is 6.09 Å². The van der Waals surface area contributed by atoms with Crippen molar-refractivity contribution in [2.24, 2.45) is 5.92 Å². The SMILES string of the molecule is O=C(Nc1ccc2sccc2c1)OCCN1CCC(C(=O)c2ccc(Br)cc2)CC1. The number of ketones is 1. The van der Waals surface area contributed by atoms with Crippen LogP contribution in [-0.2, 0) is 4.74 Å². The number of carbonyl (C=O) groups is 2. The van der Waals surface area contributed by atoms with Crippen LogP contribution >= 0.6 is 27.3 Å². The van der Waals surface area contributed by atoms with Gasteiger partial charge in [-0.15, -0.1) is 11.3 Å². The molecular formula is C23H23BrN2O3S. The van der Waals surface area contributed by atoms with Gasteiger partial charge in [0.05, 0.1) is 0 Å². The van der Waals surface area contributed by atoms with Crippen LogP contribution in [0.5, 0.6) is 0 Å². The lowest BCUT2D eigenvalue weighted by Crippen LogP contribution is -2.38. The number of ether oxygens (including phenoxy) is 1. The summed E-state index contributed by atoms with van der Waals surface area (Å²) < 4.78 is 7.50. The van der Waals surface area contributed by atoms with Gasteiger partial charge in [0.2, 0.25) is 0 Å². The van der Waals surface area contributed by atoms with Gasteiger partial charge in [-0.3, -0.25) is 15.0 Å². The molecule has 2 aromatic carbocycles. The zero-order valence-electron chi connectivity index (χ0n) is 16.5. The summed E-state index contributed by atoms with van der Waals surface area (Å²) in [5, 5.41) is 5.92. The molecule has 0 aliphatic carbocycles. The third-order valence-electron chi connectivity index (χ3n) is 5.43. The van der Waals surface area contributed by atoms with E-state index in [9.17, 15) is 9.59 Å². The minimum absolute atomic E-state index is 0.0682. The summed E-state index contributed by atoms with van der Waals surface area (Å²) in [6, 6.07) is 15.4. The topological polar surface area (TPSA) is 58.6 Å². The molecule has 4 rings (SSSR count). The molecular weight excluding hydrogens is 464 g/mol. The number of Topliss-reactive ketones (excluding diaryl/α,β-unsaturated/α-hetero) is 1. The van der Waals surface area contributed by atoms with E-state index in [0.717, 1.165) is 47.0 Å². The number of nitrogens with zero attached hydrogens (tertiary/aromatic N) is 1. The quantitative estimate of drug-likeness (QED) is 0.446. The number of amides is 1. The predicted octanol–water partition coefficient (Wildman–Crippen LogP) is 5.81. The first-order valence-electron chi connectivity index (χ1n) is 10.0. The highest BCUT2D eigenvalue weighted by Gasteiger charge is 2.25. The summed E-state index contributed by atoms with van der Waals surface area (Å²) >= 11 is 5.07. The van der Waals surface area contributed by atoms with Crippen molar-refractivity contribution in [3.05, 3.63) is 63.9 Å². The van der Waals surface area contributed by atoms with E-state index in [1.54, 1.807) is 11.3 Å². The zero-order chi connectivity index (χ0) is 20.9. The maximum absolute atomic E-state index is 12.6. The van der Waals surface area contributed by atoms with Crippen molar-refractivity contribution in [2.75, 3.05) is 31.6 Å². The lowest BCUT2D eigenvalue weighted by Gasteiger charge is -2.31. The van der Waals surface area contributed by atoms with Gasteiger partial charge in [0.25, 0.3) is 0 Å². The Morgan fingerprint density at radius 2 is 1.87 bits per heavy atom. The molecule has 5 nitrogen and oxygen atoms in total. The molecule has 30 heavy (non-hydrogen) atoms. The van der Waals surface area contributed by atoms with Gasteiger partial charge in [-0.25, -0.2) is 4.79 Å². The second-order valence-electron chi connectivity index (χ2n) is 7.42. The average molecular weight is 487 g/mol. The third kappa shape index (κ3) is 5.28. The van der Waals surface area contributed by atoms with Crippen molar-refractivity contribution in [1.29, 1.82) is 0 Å². The van der Waals surface area contributed by atoms with Crippen LogP contribution in [0.4, 0.5) is 10.5 Å². The summed E-state index contributed by atoms with van der Waals surface area (Å²) in [7, 11) is 0. The minimum atomic E-state index is -0.440. The summed E-state index contributed by atoms with van der Waals surface area (Å²) in [6.07, 6.45) is 1.23.